The lowest BCUT2D eigenvalue weighted by Gasteiger charge is -2.34. The van der Waals surface area contributed by atoms with Gasteiger partial charge < -0.3 is 9.73 Å². The van der Waals surface area contributed by atoms with E-state index in [2.05, 4.69) is 26.1 Å². The number of halogens is 2. The number of rotatable bonds is 3. The molecule has 0 unspecified atom stereocenters. The summed E-state index contributed by atoms with van der Waals surface area (Å²) in [6.07, 6.45) is 1.66. The number of hydrogen-bond acceptors (Lipinski definition) is 3. The van der Waals surface area contributed by atoms with Gasteiger partial charge in [0, 0.05) is 30.7 Å². The highest BCUT2D eigenvalue weighted by Gasteiger charge is 2.27. The summed E-state index contributed by atoms with van der Waals surface area (Å²) >= 11 is 3.53. The normalized spacial score (nSPS) is 18.1. The zero-order valence-corrected chi connectivity index (χ0v) is 12.6. The van der Waals surface area contributed by atoms with Crippen molar-refractivity contribution in [2.45, 2.75) is 6.04 Å². The van der Waals surface area contributed by atoms with Crippen LogP contribution < -0.4 is 5.32 Å². The van der Waals surface area contributed by atoms with Gasteiger partial charge in [0.25, 0.3) is 0 Å². The maximum Gasteiger partial charge on any atom is 0.125 e. The van der Waals surface area contributed by atoms with E-state index in [1.54, 1.807) is 18.4 Å². The van der Waals surface area contributed by atoms with Crippen LogP contribution in [0.4, 0.5) is 4.39 Å². The average molecular weight is 339 g/mol. The summed E-state index contributed by atoms with van der Waals surface area (Å²) in [4.78, 5) is 2.31. The minimum atomic E-state index is -0.227. The molecule has 1 saturated heterocycles. The van der Waals surface area contributed by atoms with Crippen molar-refractivity contribution in [1.29, 1.82) is 0 Å². The van der Waals surface area contributed by atoms with Gasteiger partial charge in [0.15, 0.2) is 0 Å². The van der Waals surface area contributed by atoms with E-state index in [4.69, 9.17) is 4.42 Å². The third-order valence-electron chi connectivity index (χ3n) is 3.58. The fourth-order valence-electron chi connectivity index (χ4n) is 2.64. The number of benzene rings is 1. The summed E-state index contributed by atoms with van der Waals surface area (Å²) in [5.41, 5.74) is 0.904. The first kappa shape index (κ1) is 13.8. The molecule has 1 fully saturated rings. The maximum absolute atomic E-state index is 13.6. The third-order valence-corrected chi connectivity index (χ3v) is 4.30. The molecule has 3 rings (SSSR count). The largest absolute Gasteiger partial charge is 0.467 e. The molecule has 0 bridgehead atoms. The highest BCUT2D eigenvalue weighted by Crippen LogP contribution is 2.34. The Labute approximate surface area is 125 Å². The fraction of sp³-hybridized carbons (Fsp3) is 0.333. The van der Waals surface area contributed by atoms with E-state index in [1.165, 1.54) is 6.07 Å². The first-order chi connectivity index (χ1) is 9.75. The van der Waals surface area contributed by atoms with E-state index in [0.717, 1.165) is 42.0 Å². The Hall–Kier alpha value is -1.17. The zero-order valence-electron chi connectivity index (χ0n) is 11.0. The van der Waals surface area contributed by atoms with Gasteiger partial charge in [-0.25, -0.2) is 4.39 Å². The van der Waals surface area contributed by atoms with Gasteiger partial charge in [-0.2, -0.15) is 0 Å². The van der Waals surface area contributed by atoms with Crippen molar-refractivity contribution in [3.63, 3.8) is 0 Å². The van der Waals surface area contributed by atoms with Crippen molar-refractivity contribution in [2.24, 2.45) is 0 Å². The highest BCUT2D eigenvalue weighted by atomic mass is 79.9. The summed E-state index contributed by atoms with van der Waals surface area (Å²) in [6, 6.07) is 8.56. The van der Waals surface area contributed by atoms with Crippen LogP contribution in [0.3, 0.4) is 0 Å². The van der Waals surface area contributed by atoms with Gasteiger partial charge in [-0.15, -0.1) is 0 Å². The summed E-state index contributed by atoms with van der Waals surface area (Å²) in [5, 5.41) is 3.33. The molecule has 2 heterocycles. The topological polar surface area (TPSA) is 28.4 Å². The predicted octanol–water partition coefficient (Wildman–Crippen LogP) is 3.18. The number of nitrogens with zero attached hydrogens (tertiary/aromatic N) is 1. The lowest BCUT2D eigenvalue weighted by Crippen LogP contribution is -2.45. The molecule has 1 N–H and O–H groups in total. The molecule has 0 radical (unpaired) electrons. The highest BCUT2D eigenvalue weighted by molar-refractivity contribution is 9.10. The molecule has 20 heavy (non-hydrogen) atoms. The van der Waals surface area contributed by atoms with Gasteiger partial charge >= 0.3 is 0 Å². The van der Waals surface area contributed by atoms with Gasteiger partial charge in [-0.1, -0.05) is 15.9 Å². The smallest absolute Gasteiger partial charge is 0.125 e. The molecule has 1 aliphatic rings. The monoisotopic (exact) mass is 338 g/mol. The molecule has 1 aliphatic heterocycles. The summed E-state index contributed by atoms with van der Waals surface area (Å²) in [7, 11) is 0. The molecule has 5 heteroatoms. The molecule has 1 aromatic heterocycles. The van der Waals surface area contributed by atoms with E-state index in [0.29, 0.717) is 0 Å². The summed E-state index contributed by atoms with van der Waals surface area (Å²) in [5.74, 6) is 0.619. The average Bonchev–Trinajstić information content (AvgIpc) is 2.98. The molecule has 2 aromatic rings. The third kappa shape index (κ3) is 2.80. The molecule has 106 valence electrons. The van der Waals surface area contributed by atoms with Crippen molar-refractivity contribution in [2.75, 3.05) is 26.2 Å². The van der Waals surface area contributed by atoms with Gasteiger partial charge in [-0.3, -0.25) is 4.90 Å². The summed E-state index contributed by atoms with van der Waals surface area (Å²) < 4.78 is 20.1. The van der Waals surface area contributed by atoms with Crippen molar-refractivity contribution in [1.82, 2.24) is 10.2 Å². The molecule has 0 amide bonds. The van der Waals surface area contributed by atoms with Crippen LogP contribution in [0.25, 0.3) is 0 Å². The number of hydrogen-bond donors (Lipinski definition) is 1. The van der Waals surface area contributed by atoms with E-state index >= 15 is 0 Å². The first-order valence-corrected chi connectivity index (χ1v) is 7.48. The van der Waals surface area contributed by atoms with Gasteiger partial charge in [0.1, 0.15) is 11.6 Å². The minimum Gasteiger partial charge on any atom is -0.467 e. The van der Waals surface area contributed by atoms with Crippen LogP contribution in [-0.4, -0.2) is 31.1 Å². The Bertz CT molecular complexity index is 567. The molecular formula is C15H16BrFN2O. The molecule has 0 saturated carbocycles. The predicted molar refractivity (Wildman–Crippen MR) is 79.1 cm³/mol. The lowest BCUT2D eigenvalue weighted by molar-refractivity contribution is 0.179. The second-order valence-electron chi connectivity index (χ2n) is 4.87. The second kappa shape index (κ2) is 6.08. The van der Waals surface area contributed by atoms with Crippen LogP contribution in [0.15, 0.2) is 45.5 Å². The molecule has 1 atom stereocenters. The molecule has 1 aromatic carbocycles. The Balaban J connectivity index is 2.02. The number of piperazine rings is 1. The molecular weight excluding hydrogens is 323 g/mol. The van der Waals surface area contributed by atoms with Gasteiger partial charge in [-0.05, 0) is 35.9 Å². The standard InChI is InChI=1S/C15H16BrFN2O/c16-13-4-3-11(17)10-12(13)15(14-2-1-9-20-14)19-7-5-18-6-8-19/h1-4,9-10,15,18H,5-8H2/t15-/m1/s1. The number of furan rings is 1. The zero-order chi connectivity index (χ0) is 13.9. The molecule has 3 nitrogen and oxygen atoms in total. The molecule has 0 spiro atoms. The van der Waals surface area contributed by atoms with Crippen LogP contribution in [0.1, 0.15) is 17.4 Å². The van der Waals surface area contributed by atoms with Gasteiger partial charge in [0.2, 0.25) is 0 Å². The second-order valence-corrected chi connectivity index (χ2v) is 5.72. The quantitative estimate of drug-likeness (QED) is 0.931. The van der Waals surface area contributed by atoms with Crippen molar-refractivity contribution in [3.05, 3.63) is 58.2 Å². The first-order valence-electron chi connectivity index (χ1n) is 6.69. The minimum absolute atomic E-state index is 0.0582. The van der Waals surface area contributed by atoms with E-state index in [1.807, 2.05) is 12.1 Å². The van der Waals surface area contributed by atoms with E-state index in [-0.39, 0.29) is 11.9 Å². The molecule has 0 aliphatic carbocycles. The summed E-state index contributed by atoms with van der Waals surface area (Å²) in [6.45, 7) is 3.69. The van der Waals surface area contributed by atoms with Crippen LogP contribution in [0, 0.1) is 5.82 Å². The van der Waals surface area contributed by atoms with Gasteiger partial charge in [0.05, 0.1) is 12.3 Å². The lowest BCUT2D eigenvalue weighted by atomic mass is 10.0. The maximum atomic E-state index is 13.6. The SMILES string of the molecule is Fc1ccc(Br)c([C@H](c2ccco2)N2CCNCC2)c1. The Kier molecular flexibility index (Phi) is 4.19. The van der Waals surface area contributed by atoms with Crippen LogP contribution in [0.5, 0.6) is 0 Å². The van der Waals surface area contributed by atoms with E-state index in [9.17, 15) is 4.39 Å². The van der Waals surface area contributed by atoms with Crippen LogP contribution in [-0.2, 0) is 0 Å². The Morgan fingerprint density at radius 2 is 2.05 bits per heavy atom. The number of nitrogens with one attached hydrogen (secondary N) is 1. The van der Waals surface area contributed by atoms with Crippen molar-refractivity contribution >= 4 is 15.9 Å². The van der Waals surface area contributed by atoms with Crippen molar-refractivity contribution in [3.8, 4) is 0 Å². The fourth-order valence-corrected chi connectivity index (χ4v) is 3.10. The van der Waals surface area contributed by atoms with Crippen LogP contribution >= 0.6 is 15.9 Å². The van der Waals surface area contributed by atoms with Crippen molar-refractivity contribution < 1.29 is 8.81 Å². The van der Waals surface area contributed by atoms with E-state index < -0.39 is 0 Å². The Morgan fingerprint density at radius 1 is 1.25 bits per heavy atom. The van der Waals surface area contributed by atoms with Crippen LogP contribution in [0.2, 0.25) is 0 Å². The Morgan fingerprint density at radius 3 is 2.75 bits per heavy atom.